The molecule has 0 saturated heterocycles. The largest absolute Gasteiger partial charge is 0.347 e. The topological polar surface area (TPSA) is 12.0 Å². The maximum Gasteiger partial charge on any atom is 0.136 e. The second kappa shape index (κ2) is 3.58. The Kier molecular flexibility index (Phi) is 2.27. The third-order valence-corrected chi connectivity index (χ3v) is 2.43. The van der Waals surface area contributed by atoms with E-state index in [1.807, 2.05) is 30.3 Å². The Morgan fingerprint density at radius 2 is 1.92 bits per heavy atom. The van der Waals surface area contributed by atoms with E-state index < -0.39 is 0 Å². The van der Waals surface area contributed by atoms with E-state index in [4.69, 9.17) is 0 Å². The van der Waals surface area contributed by atoms with Crippen molar-refractivity contribution in [2.75, 3.05) is 5.32 Å². The molecule has 2 aromatic rings. The quantitative estimate of drug-likeness (QED) is 0.768. The van der Waals surface area contributed by atoms with E-state index in [0.29, 0.717) is 0 Å². The van der Waals surface area contributed by atoms with Gasteiger partial charge in [-0.05, 0) is 12.1 Å². The number of hydrogen-bond acceptors (Lipinski definition) is 2. The molecular weight excluding hydrogens is 185 g/mol. The highest BCUT2D eigenvalue weighted by atomic mass is 32.1. The highest BCUT2D eigenvalue weighted by molar-refractivity contribution is 7.14. The highest BCUT2D eigenvalue weighted by Crippen LogP contribution is 2.23. The van der Waals surface area contributed by atoms with Gasteiger partial charge in [0.15, 0.2) is 0 Å². The highest BCUT2D eigenvalue weighted by Gasteiger charge is 1.97. The molecule has 3 heteroatoms. The van der Waals surface area contributed by atoms with E-state index in [2.05, 4.69) is 5.32 Å². The zero-order chi connectivity index (χ0) is 9.10. The number of para-hydroxylation sites is 1. The van der Waals surface area contributed by atoms with Crippen LogP contribution in [0.15, 0.2) is 41.8 Å². The van der Waals surface area contributed by atoms with Crippen molar-refractivity contribution in [1.82, 2.24) is 0 Å². The number of benzene rings is 1. The summed E-state index contributed by atoms with van der Waals surface area (Å²) in [6, 6.07) is 11.2. The van der Waals surface area contributed by atoms with Crippen molar-refractivity contribution in [3.8, 4) is 0 Å². The van der Waals surface area contributed by atoms with Crippen LogP contribution in [-0.2, 0) is 0 Å². The molecule has 1 heterocycles. The fraction of sp³-hybridized carbons (Fsp3) is 0. The zero-order valence-corrected chi connectivity index (χ0v) is 7.64. The second-order valence-electron chi connectivity index (χ2n) is 2.62. The summed E-state index contributed by atoms with van der Waals surface area (Å²) >= 11 is 1.36. The van der Waals surface area contributed by atoms with Crippen molar-refractivity contribution >= 4 is 22.0 Å². The molecule has 0 aliphatic carbocycles. The molecule has 0 fully saturated rings. The van der Waals surface area contributed by atoms with Crippen LogP contribution in [0.1, 0.15) is 0 Å². The summed E-state index contributed by atoms with van der Waals surface area (Å²) in [5.41, 5.74) is 0.976. The lowest BCUT2D eigenvalue weighted by Crippen LogP contribution is -1.84. The molecule has 0 spiro atoms. The summed E-state index contributed by atoms with van der Waals surface area (Å²) in [5, 5.41) is 5.40. The third-order valence-electron chi connectivity index (χ3n) is 1.61. The smallest absolute Gasteiger partial charge is 0.136 e. The molecule has 1 nitrogen and oxygen atoms in total. The minimum absolute atomic E-state index is 0.191. The summed E-state index contributed by atoms with van der Waals surface area (Å²) in [5.74, 6) is -0.191. The molecule has 13 heavy (non-hydrogen) atoms. The average molecular weight is 193 g/mol. The number of anilines is 2. The number of nitrogens with one attached hydrogen (secondary N) is 1. The Morgan fingerprint density at radius 3 is 2.54 bits per heavy atom. The second-order valence-corrected chi connectivity index (χ2v) is 3.53. The van der Waals surface area contributed by atoms with E-state index in [9.17, 15) is 4.39 Å². The number of hydrogen-bond donors (Lipinski definition) is 1. The molecule has 0 bridgehead atoms. The van der Waals surface area contributed by atoms with Gasteiger partial charge in [0.2, 0.25) is 0 Å². The molecule has 0 radical (unpaired) electrons. The first-order valence-corrected chi connectivity index (χ1v) is 4.79. The minimum atomic E-state index is -0.191. The molecule has 1 aromatic heterocycles. The van der Waals surface area contributed by atoms with Crippen molar-refractivity contribution in [3.63, 3.8) is 0 Å². The van der Waals surface area contributed by atoms with Gasteiger partial charge in [-0.15, -0.1) is 11.3 Å². The first kappa shape index (κ1) is 8.26. The average Bonchev–Trinajstić information content (AvgIpc) is 2.53. The van der Waals surface area contributed by atoms with Crippen molar-refractivity contribution in [2.45, 2.75) is 0 Å². The monoisotopic (exact) mass is 193 g/mol. The van der Waals surface area contributed by atoms with Crippen LogP contribution in [-0.4, -0.2) is 0 Å². The lowest BCUT2D eigenvalue weighted by Gasteiger charge is -2.00. The van der Waals surface area contributed by atoms with E-state index in [1.54, 1.807) is 0 Å². The molecule has 66 valence electrons. The molecule has 0 unspecified atom stereocenters. The first-order valence-electron chi connectivity index (χ1n) is 3.91. The van der Waals surface area contributed by atoms with Gasteiger partial charge in [0.1, 0.15) is 5.82 Å². The lowest BCUT2D eigenvalue weighted by atomic mass is 10.3. The van der Waals surface area contributed by atoms with Crippen LogP contribution in [0.5, 0.6) is 0 Å². The maximum atomic E-state index is 12.6. The van der Waals surface area contributed by atoms with Crippen LogP contribution in [0.4, 0.5) is 15.1 Å². The molecule has 1 aromatic carbocycles. The van der Waals surface area contributed by atoms with E-state index >= 15 is 0 Å². The summed E-state index contributed by atoms with van der Waals surface area (Å²) in [7, 11) is 0. The first-order chi connectivity index (χ1) is 6.34. The van der Waals surface area contributed by atoms with E-state index in [1.165, 1.54) is 22.8 Å². The van der Waals surface area contributed by atoms with Gasteiger partial charge in [-0.3, -0.25) is 0 Å². The summed E-state index contributed by atoms with van der Waals surface area (Å²) in [6.07, 6.45) is 0. The SMILES string of the molecule is Fc1csc(Nc2ccccc2)c1. The van der Waals surface area contributed by atoms with Gasteiger partial charge < -0.3 is 5.32 Å². The predicted molar refractivity (Wildman–Crippen MR) is 54.0 cm³/mol. The van der Waals surface area contributed by atoms with Crippen molar-refractivity contribution in [1.29, 1.82) is 0 Å². The summed E-state index contributed by atoms with van der Waals surface area (Å²) in [6.45, 7) is 0. The molecule has 2 rings (SSSR count). The van der Waals surface area contributed by atoms with Crippen molar-refractivity contribution in [2.24, 2.45) is 0 Å². The standard InChI is InChI=1S/C10H8FNS/c11-8-6-10(13-7-8)12-9-4-2-1-3-5-9/h1-7,12H. The zero-order valence-electron chi connectivity index (χ0n) is 6.83. The van der Waals surface area contributed by atoms with Gasteiger partial charge in [0.25, 0.3) is 0 Å². The molecular formula is C10H8FNS. The van der Waals surface area contributed by atoms with Crippen LogP contribution >= 0.6 is 11.3 Å². The fourth-order valence-electron chi connectivity index (χ4n) is 1.04. The normalized spacial score (nSPS) is 9.92. The minimum Gasteiger partial charge on any atom is -0.347 e. The van der Waals surface area contributed by atoms with Crippen LogP contribution in [0.25, 0.3) is 0 Å². The van der Waals surface area contributed by atoms with E-state index in [0.717, 1.165) is 10.7 Å². The fourth-order valence-corrected chi connectivity index (χ4v) is 1.71. The molecule has 0 aliphatic rings. The van der Waals surface area contributed by atoms with Crippen molar-refractivity contribution < 1.29 is 4.39 Å². The van der Waals surface area contributed by atoms with Gasteiger partial charge >= 0.3 is 0 Å². The maximum absolute atomic E-state index is 12.6. The summed E-state index contributed by atoms with van der Waals surface area (Å²) < 4.78 is 12.6. The Morgan fingerprint density at radius 1 is 1.15 bits per heavy atom. The lowest BCUT2D eigenvalue weighted by molar-refractivity contribution is 0.634. The van der Waals surface area contributed by atoms with Crippen molar-refractivity contribution in [3.05, 3.63) is 47.6 Å². The predicted octanol–water partition coefficient (Wildman–Crippen LogP) is 3.63. The Labute approximate surface area is 79.8 Å². The molecule has 0 atom stereocenters. The van der Waals surface area contributed by atoms with Gasteiger partial charge in [0.05, 0.1) is 5.00 Å². The van der Waals surface area contributed by atoms with E-state index in [-0.39, 0.29) is 5.82 Å². The van der Waals surface area contributed by atoms with Crippen LogP contribution in [0.2, 0.25) is 0 Å². The van der Waals surface area contributed by atoms with Crippen LogP contribution in [0, 0.1) is 5.82 Å². The third kappa shape index (κ3) is 2.06. The molecule has 1 N–H and O–H groups in total. The number of halogens is 1. The van der Waals surface area contributed by atoms with Gasteiger partial charge in [-0.1, -0.05) is 18.2 Å². The number of rotatable bonds is 2. The number of thiophene rings is 1. The van der Waals surface area contributed by atoms with Gasteiger partial charge in [-0.25, -0.2) is 4.39 Å². The Bertz CT molecular complexity index is 383. The van der Waals surface area contributed by atoms with Crippen LogP contribution in [0.3, 0.4) is 0 Å². The Balaban J connectivity index is 2.15. The molecule has 0 amide bonds. The molecule has 0 aliphatic heterocycles. The van der Waals surface area contributed by atoms with Gasteiger partial charge in [-0.2, -0.15) is 0 Å². The summed E-state index contributed by atoms with van der Waals surface area (Å²) in [4.78, 5) is 0. The Hall–Kier alpha value is -1.35. The van der Waals surface area contributed by atoms with Gasteiger partial charge in [0, 0.05) is 17.1 Å². The van der Waals surface area contributed by atoms with Crippen LogP contribution < -0.4 is 5.32 Å². The molecule has 0 saturated carbocycles.